The third kappa shape index (κ3) is 5.52. The average Bonchev–Trinajstić information content (AvgIpc) is 2.29. The molecule has 0 radical (unpaired) electrons. The van der Waals surface area contributed by atoms with Crippen LogP contribution in [0.15, 0.2) is 22.7 Å². The molecule has 0 aliphatic heterocycles. The Hall–Kier alpha value is -0.580. The van der Waals surface area contributed by atoms with Gasteiger partial charge in [-0.2, -0.15) is 0 Å². The first kappa shape index (κ1) is 14.5. The molecule has 0 amide bonds. The second kappa shape index (κ2) is 7.69. The highest BCUT2D eigenvalue weighted by Gasteiger charge is 2.03. The number of rotatable bonds is 7. The minimum Gasteiger partial charge on any atom is -0.490 e. The van der Waals surface area contributed by atoms with E-state index in [4.69, 9.17) is 9.47 Å². The number of hydrogen-bond donors (Lipinski definition) is 1. The molecule has 17 heavy (non-hydrogen) atoms. The van der Waals surface area contributed by atoms with Crippen molar-refractivity contribution in [3.05, 3.63) is 28.2 Å². The number of halogens is 1. The second-order valence-electron chi connectivity index (χ2n) is 4.14. The predicted molar refractivity (Wildman–Crippen MR) is 73.5 cm³/mol. The normalized spacial score (nSPS) is 10.9. The molecule has 96 valence electrons. The molecule has 1 N–H and O–H groups in total. The minimum atomic E-state index is 0.492. The summed E-state index contributed by atoms with van der Waals surface area (Å²) in [7, 11) is 1.67. The summed E-state index contributed by atoms with van der Waals surface area (Å²) in [4.78, 5) is 0. The van der Waals surface area contributed by atoms with Crippen molar-refractivity contribution in [3.63, 3.8) is 0 Å². The average molecular weight is 302 g/mol. The zero-order valence-corrected chi connectivity index (χ0v) is 12.2. The van der Waals surface area contributed by atoms with Crippen molar-refractivity contribution < 1.29 is 9.47 Å². The Balaban J connectivity index is 2.53. The van der Waals surface area contributed by atoms with E-state index in [1.807, 2.05) is 6.07 Å². The summed E-state index contributed by atoms with van der Waals surface area (Å²) >= 11 is 3.51. The SMILES string of the molecule is COCCOc1ccc(CNC(C)C)cc1Br. The molecule has 0 unspecified atom stereocenters. The van der Waals surface area contributed by atoms with E-state index in [9.17, 15) is 0 Å². The molecule has 4 heteroatoms. The lowest BCUT2D eigenvalue weighted by molar-refractivity contribution is 0.146. The molecule has 0 bridgehead atoms. The molecule has 0 spiro atoms. The van der Waals surface area contributed by atoms with Gasteiger partial charge < -0.3 is 14.8 Å². The number of ether oxygens (including phenoxy) is 2. The van der Waals surface area contributed by atoms with Crippen LogP contribution in [0.2, 0.25) is 0 Å². The van der Waals surface area contributed by atoms with Crippen molar-refractivity contribution in [3.8, 4) is 5.75 Å². The van der Waals surface area contributed by atoms with Gasteiger partial charge in [0.2, 0.25) is 0 Å². The van der Waals surface area contributed by atoms with Crippen LogP contribution in [0, 0.1) is 0 Å². The monoisotopic (exact) mass is 301 g/mol. The molecule has 0 heterocycles. The Kier molecular flexibility index (Phi) is 6.55. The van der Waals surface area contributed by atoms with Crippen molar-refractivity contribution in [1.29, 1.82) is 0 Å². The second-order valence-corrected chi connectivity index (χ2v) is 5.00. The van der Waals surface area contributed by atoms with E-state index >= 15 is 0 Å². The van der Waals surface area contributed by atoms with Crippen LogP contribution in [0.3, 0.4) is 0 Å². The van der Waals surface area contributed by atoms with Gasteiger partial charge in [0.15, 0.2) is 0 Å². The number of benzene rings is 1. The van der Waals surface area contributed by atoms with Crippen molar-refractivity contribution in [2.75, 3.05) is 20.3 Å². The first-order valence-electron chi connectivity index (χ1n) is 5.77. The van der Waals surface area contributed by atoms with E-state index < -0.39 is 0 Å². The fourth-order valence-corrected chi connectivity index (χ4v) is 1.87. The Morgan fingerprint density at radius 3 is 2.65 bits per heavy atom. The van der Waals surface area contributed by atoms with Crippen LogP contribution in [0.4, 0.5) is 0 Å². The Bertz CT molecular complexity index is 342. The van der Waals surface area contributed by atoms with Crippen molar-refractivity contribution in [2.24, 2.45) is 0 Å². The van der Waals surface area contributed by atoms with Crippen LogP contribution in [0.25, 0.3) is 0 Å². The molecule has 1 aromatic carbocycles. The van der Waals surface area contributed by atoms with Crippen LogP contribution in [0.1, 0.15) is 19.4 Å². The molecule has 0 saturated heterocycles. The Morgan fingerprint density at radius 2 is 2.06 bits per heavy atom. The Morgan fingerprint density at radius 1 is 1.29 bits per heavy atom. The summed E-state index contributed by atoms with van der Waals surface area (Å²) in [6, 6.07) is 6.63. The highest BCUT2D eigenvalue weighted by atomic mass is 79.9. The van der Waals surface area contributed by atoms with E-state index in [1.54, 1.807) is 7.11 Å². The van der Waals surface area contributed by atoms with Gasteiger partial charge in [-0.05, 0) is 33.6 Å². The number of methoxy groups -OCH3 is 1. The van der Waals surface area contributed by atoms with Crippen LogP contribution >= 0.6 is 15.9 Å². The number of nitrogens with one attached hydrogen (secondary N) is 1. The van der Waals surface area contributed by atoms with Gasteiger partial charge in [0.25, 0.3) is 0 Å². The largest absolute Gasteiger partial charge is 0.490 e. The molecular weight excluding hydrogens is 282 g/mol. The molecular formula is C13H20BrNO2. The molecule has 0 aliphatic rings. The molecule has 0 saturated carbocycles. The van der Waals surface area contributed by atoms with E-state index in [0.29, 0.717) is 19.3 Å². The lowest BCUT2D eigenvalue weighted by atomic mass is 10.2. The fraction of sp³-hybridized carbons (Fsp3) is 0.538. The van der Waals surface area contributed by atoms with Gasteiger partial charge in [-0.1, -0.05) is 19.9 Å². The Labute approximate surface area is 112 Å². The van der Waals surface area contributed by atoms with Gasteiger partial charge in [-0.15, -0.1) is 0 Å². The van der Waals surface area contributed by atoms with E-state index in [0.717, 1.165) is 16.8 Å². The molecule has 0 atom stereocenters. The maximum Gasteiger partial charge on any atom is 0.133 e. The summed E-state index contributed by atoms with van der Waals surface area (Å²) in [6.07, 6.45) is 0. The maximum atomic E-state index is 5.57. The summed E-state index contributed by atoms with van der Waals surface area (Å²) in [5, 5.41) is 3.38. The molecule has 1 aromatic rings. The maximum absolute atomic E-state index is 5.57. The van der Waals surface area contributed by atoms with E-state index in [-0.39, 0.29) is 0 Å². The third-order valence-electron chi connectivity index (χ3n) is 2.26. The van der Waals surface area contributed by atoms with Crippen molar-refractivity contribution in [2.45, 2.75) is 26.4 Å². The van der Waals surface area contributed by atoms with E-state index in [2.05, 4.69) is 47.2 Å². The van der Waals surface area contributed by atoms with Gasteiger partial charge in [0.05, 0.1) is 11.1 Å². The first-order chi connectivity index (χ1) is 8.13. The molecule has 0 aliphatic carbocycles. The first-order valence-corrected chi connectivity index (χ1v) is 6.56. The predicted octanol–water partition coefficient (Wildman–Crippen LogP) is 2.97. The summed E-state index contributed by atoms with van der Waals surface area (Å²) in [5.74, 6) is 0.857. The zero-order chi connectivity index (χ0) is 12.7. The van der Waals surface area contributed by atoms with Crippen LogP contribution < -0.4 is 10.1 Å². The molecule has 3 nitrogen and oxygen atoms in total. The highest BCUT2D eigenvalue weighted by Crippen LogP contribution is 2.25. The van der Waals surface area contributed by atoms with Crippen LogP contribution in [-0.2, 0) is 11.3 Å². The summed E-state index contributed by atoms with van der Waals surface area (Å²) in [6.45, 7) is 6.31. The fourth-order valence-electron chi connectivity index (χ4n) is 1.33. The summed E-state index contributed by atoms with van der Waals surface area (Å²) in [5.41, 5.74) is 1.24. The lowest BCUT2D eigenvalue weighted by Gasteiger charge is -2.11. The summed E-state index contributed by atoms with van der Waals surface area (Å²) < 4.78 is 11.5. The molecule has 1 rings (SSSR count). The van der Waals surface area contributed by atoms with Gasteiger partial charge >= 0.3 is 0 Å². The van der Waals surface area contributed by atoms with Crippen molar-refractivity contribution in [1.82, 2.24) is 5.32 Å². The van der Waals surface area contributed by atoms with Gasteiger partial charge in [-0.25, -0.2) is 0 Å². The minimum absolute atomic E-state index is 0.492. The smallest absolute Gasteiger partial charge is 0.133 e. The molecule has 0 fully saturated rings. The van der Waals surface area contributed by atoms with Crippen LogP contribution in [-0.4, -0.2) is 26.4 Å². The van der Waals surface area contributed by atoms with Crippen LogP contribution in [0.5, 0.6) is 5.75 Å². The zero-order valence-electron chi connectivity index (χ0n) is 10.6. The lowest BCUT2D eigenvalue weighted by Crippen LogP contribution is -2.21. The van der Waals surface area contributed by atoms with Gasteiger partial charge in [0, 0.05) is 19.7 Å². The van der Waals surface area contributed by atoms with E-state index in [1.165, 1.54) is 5.56 Å². The third-order valence-corrected chi connectivity index (χ3v) is 2.88. The topological polar surface area (TPSA) is 30.5 Å². The standard InChI is InChI=1S/C13H20BrNO2/c1-10(2)15-9-11-4-5-13(12(14)8-11)17-7-6-16-3/h4-5,8,10,15H,6-7,9H2,1-3H3. The van der Waals surface area contributed by atoms with Gasteiger partial charge in [-0.3, -0.25) is 0 Å². The van der Waals surface area contributed by atoms with Crippen molar-refractivity contribution >= 4 is 15.9 Å². The number of hydrogen-bond acceptors (Lipinski definition) is 3. The van der Waals surface area contributed by atoms with Gasteiger partial charge in [0.1, 0.15) is 12.4 Å². The quantitative estimate of drug-likeness (QED) is 0.786. The molecule has 0 aromatic heterocycles. The highest BCUT2D eigenvalue weighted by molar-refractivity contribution is 9.10.